The maximum atomic E-state index is 2.63. The van der Waals surface area contributed by atoms with Crippen LogP contribution in [0.1, 0.15) is 39.0 Å². The van der Waals surface area contributed by atoms with Crippen LogP contribution in [0.15, 0.2) is 60.7 Å². The molecule has 3 aromatic rings. The highest BCUT2D eigenvalue weighted by Crippen LogP contribution is 2.44. The fourth-order valence-electron chi connectivity index (χ4n) is 4.58. The van der Waals surface area contributed by atoms with E-state index in [0.717, 1.165) is 0 Å². The predicted octanol–water partition coefficient (Wildman–Crippen LogP) is 6.93. The number of halogens is 1. The van der Waals surface area contributed by atoms with Crippen molar-refractivity contribution in [2.24, 2.45) is 0 Å². The molecular weight excluding hydrogens is 415 g/mol. The fraction of sp³-hybridized carbons (Fsp3) is 0.250. The third kappa shape index (κ3) is 2.64. The summed E-state index contributed by atoms with van der Waals surface area (Å²) < 4.78 is 0.702. The number of fused-ring (bicyclic) bond motifs is 5. The molecule has 2 aliphatic rings. The van der Waals surface area contributed by atoms with Crippen LogP contribution in [0.5, 0.6) is 0 Å². The van der Waals surface area contributed by atoms with E-state index in [9.17, 15) is 0 Å². The van der Waals surface area contributed by atoms with Crippen molar-refractivity contribution in [3.8, 4) is 22.3 Å². The zero-order valence-corrected chi connectivity index (χ0v) is 16.4. The maximum Gasteiger partial charge on any atom is 0.0362 e. The number of hydrogen-bond acceptors (Lipinski definition) is 0. The molecular formula is C24H21I. The van der Waals surface area contributed by atoms with Crippen LogP contribution in [0.25, 0.3) is 22.3 Å². The fourth-order valence-corrected chi connectivity index (χ4v) is 5.61. The summed E-state index contributed by atoms with van der Waals surface area (Å²) in [5.41, 5.74) is 12.0. The van der Waals surface area contributed by atoms with E-state index in [-0.39, 0.29) is 0 Å². The molecule has 5 rings (SSSR count). The number of benzene rings is 3. The van der Waals surface area contributed by atoms with Gasteiger partial charge in [-0.3, -0.25) is 0 Å². The smallest absolute Gasteiger partial charge is 0.0362 e. The summed E-state index contributed by atoms with van der Waals surface area (Å²) in [5.74, 6) is 0. The van der Waals surface area contributed by atoms with Crippen molar-refractivity contribution < 1.29 is 0 Å². The SMILES string of the molecule is IC1CCCc2c1ccc1c2CCc2cc(-c3ccccc3)ccc2-1. The van der Waals surface area contributed by atoms with Gasteiger partial charge in [-0.25, -0.2) is 0 Å². The van der Waals surface area contributed by atoms with Gasteiger partial charge in [0.15, 0.2) is 0 Å². The second kappa shape index (κ2) is 6.28. The van der Waals surface area contributed by atoms with Gasteiger partial charge in [0.1, 0.15) is 0 Å². The Labute approximate surface area is 163 Å². The van der Waals surface area contributed by atoms with Gasteiger partial charge >= 0.3 is 0 Å². The summed E-state index contributed by atoms with van der Waals surface area (Å²) in [5, 5.41) is 0. The average molecular weight is 436 g/mol. The Morgan fingerprint density at radius 3 is 2.44 bits per heavy atom. The Kier molecular flexibility index (Phi) is 3.93. The molecule has 0 fully saturated rings. The highest BCUT2D eigenvalue weighted by Gasteiger charge is 2.25. The molecule has 25 heavy (non-hydrogen) atoms. The standard InChI is InChI=1S/C24H21I/c25-24-8-4-7-20-22-12-10-18-15-17(16-5-2-1-3-6-16)9-11-19(18)21(22)13-14-23(20)24/h1-3,5-6,9,11,13-15,24H,4,7-8,10,12H2. The van der Waals surface area contributed by atoms with Gasteiger partial charge in [-0.15, -0.1) is 0 Å². The Bertz CT molecular complexity index is 940. The molecule has 1 atom stereocenters. The molecule has 0 saturated heterocycles. The van der Waals surface area contributed by atoms with Crippen LogP contribution >= 0.6 is 22.6 Å². The zero-order chi connectivity index (χ0) is 16.8. The molecule has 0 radical (unpaired) electrons. The first kappa shape index (κ1) is 15.6. The normalized spacial score (nSPS) is 18.2. The van der Waals surface area contributed by atoms with Crippen LogP contribution in [0.3, 0.4) is 0 Å². The van der Waals surface area contributed by atoms with E-state index in [0.29, 0.717) is 3.92 Å². The van der Waals surface area contributed by atoms with E-state index in [1.54, 1.807) is 16.7 Å². The summed E-state index contributed by atoms with van der Waals surface area (Å²) >= 11 is 2.63. The molecule has 0 bridgehead atoms. The lowest BCUT2D eigenvalue weighted by atomic mass is 9.77. The predicted molar refractivity (Wildman–Crippen MR) is 114 cm³/mol. The minimum absolute atomic E-state index is 0.702. The Morgan fingerprint density at radius 1 is 0.720 bits per heavy atom. The van der Waals surface area contributed by atoms with Gasteiger partial charge in [-0.1, -0.05) is 83.3 Å². The van der Waals surface area contributed by atoms with Crippen LogP contribution < -0.4 is 0 Å². The van der Waals surface area contributed by atoms with Crippen molar-refractivity contribution in [2.75, 3.05) is 0 Å². The van der Waals surface area contributed by atoms with Crippen molar-refractivity contribution >= 4 is 22.6 Å². The molecule has 1 heteroatoms. The van der Waals surface area contributed by atoms with Gasteiger partial charge in [0.2, 0.25) is 0 Å². The van der Waals surface area contributed by atoms with Crippen LogP contribution in [-0.4, -0.2) is 0 Å². The second-order valence-electron chi connectivity index (χ2n) is 7.26. The van der Waals surface area contributed by atoms with Crippen molar-refractivity contribution in [2.45, 2.75) is 36.0 Å². The van der Waals surface area contributed by atoms with Crippen LogP contribution in [0.2, 0.25) is 0 Å². The Morgan fingerprint density at radius 2 is 1.56 bits per heavy atom. The van der Waals surface area contributed by atoms with Crippen LogP contribution in [0, 0.1) is 0 Å². The first-order valence-electron chi connectivity index (χ1n) is 9.29. The Hall–Kier alpha value is -1.61. The lowest BCUT2D eigenvalue weighted by Gasteiger charge is -2.29. The molecule has 0 amide bonds. The molecule has 2 aliphatic carbocycles. The van der Waals surface area contributed by atoms with Gasteiger partial charge < -0.3 is 0 Å². The highest BCUT2D eigenvalue weighted by atomic mass is 127. The first-order chi connectivity index (χ1) is 12.3. The van der Waals surface area contributed by atoms with Crippen LogP contribution in [0.4, 0.5) is 0 Å². The maximum absolute atomic E-state index is 2.63. The lowest BCUT2D eigenvalue weighted by molar-refractivity contribution is 0.679. The molecule has 0 N–H and O–H groups in total. The zero-order valence-electron chi connectivity index (χ0n) is 14.3. The molecule has 0 spiro atoms. The van der Waals surface area contributed by atoms with Gasteiger partial charge in [0.05, 0.1) is 0 Å². The topological polar surface area (TPSA) is 0 Å². The van der Waals surface area contributed by atoms with Crippen molar-refractivity contribution in [1.82, 2.24) is 0 Å². The molecule has 0 nitrogen and oxygen atoms in total. The molecule has 0 aliphatic heterocycles. The lowest BCUT2D eigenvalue weighted by Crippen LogP contribution is -2.13. The van der Waals surface area contributed by atoms with Gasteiger partial charge in [0, 0.05) is 3.92 Å². The number of alkyl halides is 1. The highest BCUT2D eigenvalue weighted by molar-refractivity contribution is 14.1. The van der Waals surface area contributed by atoms with Crippen molar-refractivity contribution in [3.63, 3.8) is 0 Å². The molecule has 0 aromatic heterocycles. The van der Waals surface area contributed by atoms with E-state index in [4.69, 9.17) is 0 Å². The summed E-state index contributed by atoms with van der Waals surface area (Å²) in [6.07, 6.45) is 6.33. The first-order valence-corrected chi connectivity index (χ1v) is 10.5. The van der Waals surface area contributed by atoms with Gasteiger partial charge in [0.25, 0.3) is 0 Å². The van der Waals surface area contributed by atoms with Gasteiger partial charge in [-0.05, 0) is 76.6 Å². The van der Waals surface area contributed by atoms with E-state index >= 15 is 0 Å². The largest absolute Gasteiger partial charge is 0.0774 e. The van der Waals surface area contributed by atoms with E-state index in [2.05, 4.69) is 83.3 Å². The average Bonchev–Trinajstić information content (AvgIpc) is 2.68. The summed E-state index contributed by atoms with van der Waals surface area (Å²) in [6, 6.07) is 22.6. The minimum atomic E-state index is 0.702. The third-order valence-electron chi connectivity index (χ3n) is 5.84. The van der Waals surface area contributed by atoms with Crippen molar-refractivity contribution in [3.05, 3.63) is 82.9 Å². The second-order valence-corrected chi connectivity index (χ2v) is 8.76. The number of hydrogen-bond donors (Lipinski definition) is 0. The van der Waals surface area contributed by atoms with E-state index in [1.165, 1.54) is 59.9 Å². The number of aryl methyl sites for hydroxylation is 1. The molecule has 124 valence electrons. The van der Waals surface area contributed by atoms with E-state index in [1.807, 2.05) is 0 Å². The monoisotopic (exact) mass is 436 g/mol. The quantitative estimate of drug-likeness (QED) is 0.287. The molecule has 0 saturated carbocycles. The minimum Gasteiger partial charge on any atom is -0.0774 e. The van der Waals surface area contributed by atoms with Crippen molar-refractivity contribution in [1.29, 1.82) is 0 Å². The Balaban J connectivity index is 1.62. The van der Waals surface area contributed by atoms with Crippen LogP contribution in [-0.2, 0) is 19.3 Å². The molecule has 1 unspecified atom stereocenters. The summed E-state index contributed by atoms with van der Waals surface area (Å²) in [7, 11) is 0. The molecule has 0 heterocycles. The third-order valence-corrected chi connectivity index (χ3v) is 7.13. The summed E-state index contributed by atoms with van der Waals surface area (Å²) in [4.78, 5) is 0. The van der Waals surface area contributed by atoms with Gasteiger partial charge in [-0.2, -0.15) is 0 Å². The van der Waals surface area contributed by atoms with E-state index < -0.39 is 0 Å². The number of rotatable bonds is 1. The summed E-state index contributed by atoms with van der Waals surface area (Å²) in [6.45, 7) is 0. The molecule has 3 aromatic carbocycles.